The Kier molecular flexibility index (Phi) is 2.32. The minimum atomic E-state index is 0.458. The Labute approximate surface area is 63.7 Å². The van der Waals surface area contributed by atoms with E-state index >= 15 is 0 Å². The Balaban J connectivity index is 3.01. The summed E-state index contributed by atoms with van der Waals surface area (Å²) in [6.45, 7) is 0. The highest BCUT2D eigenvalue weighted by Gasteiger charge is 1.95. The van der Waals surface area contributed by atoms with Gasteiger partial charge in [0.1, 0.15) is 5.69 Å². The molecule has 1 aromatic rings. The molecular formula is C7H7N3O. The fourth-order valence-corrected chi connectivity index (χ4v) is 0.757. The van der Waals surface area contributed by atoms with Crippen LogP contribution in [0.15, 0.2) is 29.4 Å². The maximum absolute atomic E-state index is 10.0. The van der Waals surface area contributed by atoms with Crippen molar-refractivity contribution < 1.29 is 4.79 Å². The minimum Gasteiger partial charge on any atom is -0.327 e. The van der Waals surface area contributed by atoms with Crippen LogP contribution in [0, 0.1) is 5.53 Å². The highest BCUT2D eigenvalue weighted by Crippen LogP contribution is 2.22. The van der Waals surface area contributed by atoms with Gasteiger partial charge in [-0.25, -0.2) is 5.53 Å². The zero-order valence-corrected chi connectivity index (χ0v) is 5.74. The standard InChI is InChI=1S/C7H7N3O/c8-10-7-4-2-1-3-6(7)9-5-11/h1-5,8H,(H,9,11). The van der Waals surface area contributed by atoms with Crippen molar-refractivity contribution >= 4 is 17.8 Å². The van der Waals surface area contributed by atoms with E-state index in [4.69, 9.17) is 5.53 Å². The van der Waals surface area contributed by atoms with E-state index in [-0.39, 0.29) is 0 Å². The number of rotatable bonds is 3. The first kappa shape index (κ1) is 7.40. The molecule has 0 spiro atoms. The Morgan fingerprint density at radius 2 is 2.18 bits per heavy atom. The maximum atomic E-state index is 10.0. The van der Waals surface area contributed by atoms with Gasteiger partial charge in [0.05, 0.1) is 5.69 Å². The van der Waals surface area contributed by atoms with Crippen LogP contribution in [0.1, 0.15) is 0 Å². The molecule has 4 nitrogen and oxygen atoms in total. The minimum absolute atomic E-state index is 0.458. The van der Waals surface area contributed by atoms with Gasteiger partial charge in [0, 0.05) is 0 Å². The zero-order chi connectivity index (χ0) is 8.10. The van der Waals surface area contributed by atoms with E-state index in [1.807, 2.05) is 0 Å². The van der Waals surface area contributed by atoms with Gasteiger partial charge in [0.2, 0.25) is 6.41 Å². The van der Waals surface area contributed by atoms with E-state index in [1.54, 1.807) is 24.3 Å². The average molecular weight is 149 g/mol. The number of hydrogen-bond acceptors (Lipinski definition) is 3. The van der Waals surface area contributed by atoms with E-state index in [0.717, 1.165) is 0 Å². The lowest BCUT2D eigenvalue weighted by molar-refractivity contribution is -0.105. The molecule has 2 N–H and O–H groups in total. The monoisotopic (exact) mass is 149 g/mol. The molecule has 0 aliphatic carbocycles. The van der Waals surface area contributed by atoms with Crippen molar-refractivity contribution in [3.05, 3.63) is 24.3 Å². The van der Waals surface area contributed by atoms with E-state index < -0.39 is 0 Å². The average Bonchev–Trinajstić information content (AvgIpc) is 2.06. The summed E-state index contributed by atoms with van der Waals surface area (Å²) >= 11 is 0. The summed E-state index contributed by atoms with van der Waals surface area (Å²) in [5, 5.41) is 5.65. The summed E-state index contributed by atoms with van der Waals surface area (Å²) in [6, 6.07) is 6.85. The number of para-hydroxylation sites is 2. The van der Waals surface area contributed by atoms with Crippen LogP contribution in [0.3, 0.4) is 0 Å². The number of nitrogens with zero attached hydrogens (tertiary/aromatic N) is 1. The lowest BCUT2D eigenvalue weighted by Gasteiger charge is -1.99. The Morgan fingerprint density at radius 1 is 1.45 bits per heavy atom. The van der Waals surface area contributed by atoms with Crippen LogP contribution in [0.25, 0.3) is 0 Å². The highest BCUT2D eigenvalue weighted by molar-refractivity contribution is 5.78. The quantitative estimate of drug-likeness (QED) is 0.500. The molecule has 1 rings (SSSR count). The predicted octanol–water partition coefficient (Wildman–Crippen LogP) is 1.92. The van der Waals surface area contributed by atoms with Gasteiger partial charge in [-0.05, 0) is 12.1 Å². The molecule has 1 aromatic carbocycles. The SMILES string of the molecule is N=Nc1ccccc1NC=O. The summed E-state index contributed by atoms with van der Waals surface area (Å²) in [6.07, 6.45) is 0.560. The molecule has 0 heterocycles. The summed E-state index contributed by atoms with van der Waals surface area (Å²) in [5.74, 6) is 0. The third-order valence-corrected chi connectivity index (χ3v) is 1.24. The molecular weight excluding hydrogens is 142 g/mol. The van der Waals surface area contributed by atoms with Crippen LogP contribution in [0.4, 0.5) is 11.4 Å². The van der Waals surface area contributed by atoms with Gasteiger partial charge >= 0.3 is 0 Å². The van der Waals surface area contributed by atoms with Gasteiger partial charge in [0.25, 0.3) is 0 Å². The van der Waals surface area contributed by atoms with Crippen molar-refractivity contribution in [1.82, 2.24) is 0 Å². The number of hydrogen-bond donors (Lipinski definition) is 2. The van der Waals surface area contributed by atoms with E-state index in [2.05, 4.69) is 10.4 Å². The molecule has 56 valence electrons. The van der Waals surface area contributed by atoms with Crippen molar-refractivity contribution in [2.24, 2.45) is 5.11 Å². The predicted molar refractivity (Wildman–Crippen MR) is 40.9 cm³/mol. The molecule has 4 heteroatoms. The van der Waals surface area contributed by atoms with Gasteiger partial charge in [0.15, 0.2) is 0 Å². The first-order valence-electron chi connectivity index (χ1n) is 3.05. The van der Waals surface area contributed by atoms with Crippen LogP contribution < -0.4 is 5.32 Å². The lowest BCUT2D eigenvalue weighted by atomic mass is 10.3. The molecule has 0 atom stereocenters. The molecule has 1 amide bonds. The summed E-state index contributed by atoms with van der Waals surface area (Å²) in [5.41, 5.74) is 7.74. The Bertz CT molecular complexity index is 272. The topological polar surface area (TPSA) is 65.3 Å². The molecule has 0 saturated heterocycles. The molecule has 0 aliphatic rings. The first-order chi connectivity index (χ1) is 5.38. The van der Waals surface area contributed by atoms with Crippen molar-refractivity contribution in [3.63, 3.8) is 0 Å². The van der Waals surface area contributed by atoms with Gasteiger partial charge in [-0.15, -0.1) is 0 Å². The second kappa shape index (κ2) is 3.46. The summed E-state index contributed by atoms with van der Waals surface area (Å²) < 4.78 is 0. The Hall–Kier alpha value is -1.71. The third-order valence-electron chi connectivity index (χ3n) is 1.24. The fraction of sp³-hybridized carbons (Fsp3) is 0. The zero-order valence-electron chi connectivity index (χ0n) is 5.74. The van der Waals surface area contributed by atoms with Gasteiger partial charge in [-0.2, -0.15) is 5.11 Å². The molecule has 0 saturated carbocycles. The van der Waals surface area contributed by atoms with Crippen LogP contribution in [-0.4, -0.2) is 6.41 Å². The largest absolute Gasteiger partial charge is 0.327 e. The van der Waals surface area contributed by atoms with Crippen molar-refractivity contribution in [2.75, 3.05) is 5.32 Å². The molecule has 0 fully saturated rings. The molecule has 11 heavy (non-hydrogen) atoms. The normalized spacial score (nSPS) is 8.73. The van der Waals surface area contributed by atoms with Gasteiger partial charge in [-0.1, -0.05) is 12.1 Å². The lowest BCUT2D eigenvalue weighted by Crippen LogP contribution is -1.92. The smallest absolute Gasteiger partial charge is 0.211 e. The van der Waals surface area contributed by atoms with Crippen LogP contribution in [0.2, 0.25) is 0 Å². The summed E-state index contributed by atoms with van der Waals surface area (Å²) in [4.78, 5) is 10.0. The van der Waals surface area contributed by atoms with Crippen molar-refractivity contribution in [1.29, 1.82) is 5.53 Å². The van der Waals surface area contributed by atoms with Gasteiger partial charge in [-0.3, -0.25) is 4.79 Å². The maximum Gasteiger partial charge on any atom is 0.211 e. The number of carbonyl (C=O) groups excluding carboxylic acids is 1. The summed E-state index contributed by atoms with van der Waals surface area (Å²) in [7, 11) is 0. The first-order valence-corrected chi connectivity index (χ1v) is 3.05. The van der Waals surface area contributed by atoms with E-state index in [1.165, 1.54) is 0 Å². The van der Waals surface area contributed by atoms with Crippen molar-refractivity contribution in [3.8, 4) is 0 Å². The number of nitrogens with one attached hydrogen (secondary N) is 2. The molecule has 0 aromatic heterocycles. The van der Waals surface area contributed by atoms with Crippen molar-refractivity contribution in [2.45, 2.75) is 0 Å². The Morgan fingerprint density at radius 3 is 2.82 bits per heavy atom. The van der Waals surface area contributed by atoms with Crippen LogP contribution in [0.5, 0.6) is 0 Å². The van der Waals surface area contributed by atoms with E-state index in [0.29, 0.717) is 17.8 Å². The van der Waals surface area contributed by atoms with E-state index in [9.17, 15) is 4.79 Å². The second-order valence-electron chi connectivity index (χ2n) is 1.89. The number of anilines is 1. The molecule has 0 unspecified atom stereocenters. The van der Waals surface area contributed by atoms with Crippen LogP contribution >= 0.6 is 0 Å². The highest BCUT2D eigenvalue weighted by atomic mass is 16.1. The fourth-order valence-electron chi connectivity index (χ4n) is 0.757. The number of carbonyl (C=O) groups is 1. The van der Waals surface area contributed by atoms with Crippen LogP contribution in [-0.2, 0) is 4.79 Å². The number of benzene rings is 1. The molecule has 0 aliphatic heterocycles. The number of amides is 1. The van der Waals surface area contributed by atoms with Gasteiger partial charge < -0.3 is 5.32 Å². The molecule has 0 bridgehead atoms. The third kappa shape index (κ3) is 1.61. The molecule has 0 radical (unpaired) electrons. The second-order valence-corrected chi connectivity index (χ2v) is 1.89.